The Bertz CT molecular complexity index is 831. The van der Waals surface area contributed by atoms with E-state index in [1.165, 1.54) is 40.7 Å². The van der Waals surface area contributed by atoms with Crippen LogP contribution in [0.5, 0.6) is 0 Å². The SMILES string of the molecule is CC#Cc1ccc(-c2c(C)ccc3c2C[C@H](C(CC)CC)CC(O)C3)cc1. The summed E-state index contributed by atoms with van der Waals surface area (Å²) in [4.78, 5) is 0. The molecule has 0 heterocycles. The fourth-order valence-electron chi connectivity index (χ4n) is 4.85. The van der Waals surface area contributed by atoms with Crippen LogP contribution in [0.2, 0.25) is 0 Å². The zero-order valence-electron chi connectivity index (χ0n) is 17.2. The molecule has 1 heteroatoms. The van der Waals surface area contributed by atoms with E-state index in [1.54, 1.807) is 0 Å². The first-order chi connectivity index (χ1) is 13.1. The minimum atomic E-state index is -0.227. The standard InChI is InChI=1S/C26H32O/c1-5-8-19-10-13-21(14-11-19)26-18(4)9-12-22-15-24(27)16-23(17-25(22)26)20(6-2)7-3/h9-14,20,23-24,27H,6-7,15-17H2,1-4H3/t23-,24?/m1/s1. The van der Waals surface area contributed by atoms with Crippen molar-refractivity contribution in [3.63, 3.8) is 0 Å². The number of fused-ring (bicyclic) bond motifs is 1. The molecule has 0 aliphatic heterocycles. The Morgan fingerprint density at radius 1 is 1.04 bits per heavy atom. The van der Waals surface area contributed by atoms with Crippen molar-refractivity contribution in [2.24, 2.45) is 11.8 Å². The largest absolute Gasteiger partial charge is 0.393 e. The van der Waals surface area contributed by atoms with E-state index in [2.05, 4.69) is 69.0 Å². The second-order valence-corrected chi connectivity index (χ2v) is 7.98. The summed E-state index contributed by atoms with van der Waals surface area (Å²) in [6, 6.07) is 13.1. The third kappa shape index (κ3) is 4.28. The van der Waals surface area contributed by atoms with E-state index in [4.69, 9.17) is 0 Å². The van der Waals surface area contributed by atoms with Gasteiger partial charge in [-0.2, -0.15) is 0 Å². The summed E-state index contributed by atoms with van der Waals surface area (Å²) in [7, 11) is 0. The van der Waals surface area contributed by atoms with Gasteiger partial charge in [-0.25, -0.2) is 0 Å². The minimum Gasteiger partial charge on any atom is -0.393 e. The second kappa shape index (κ2) is 8.77. The molecule has 0 saturated heterocycles. The Hall–Kier alpha value is -2.04. The Labute approximate surface area is 164 Å². The minimum absolute atomic E-state index is 0.227. The van der Waals surface area contributed by atoms with Gasteiger partial charge in [-0.15, -0.1) is 5.92 Å². The molecule has 1 aliphatic rings. The van der Waals surface area contributed by atoms with E-state index in [0.29, 0.717) is 11.8 Å². The van der Waals surface area contributed by atoms with Crippen molar-refractivity contribution >= 4 is 0 Å². The fraction of sp³-hybridized carbons (Fsp3) is 0.462. The van der Waals surface area contributed by atoms with Gasteiger partial charge in [-0.3, -0.25) is 0 Å². The molecule has 2 aromatic rings. The number of hydrogen-bond acceptors (Lipinski definition) is 1. The van der Waals surface area contributed by atoms with Gasteiger partial charge in [0.15, 0.2) is 0 Å². The predicted molar refractivity (Wildman–Crippen MR) is 115 cm³/mol. The van der Waals surface area contributed by atoms with Gasteiger partial charge in [0.2, 0.25) is 0 Å². The molecule has 0 bridgehead atoms. The van der Waals surface area contributed by atoms with Crippen LogP contribution in [0.1, 0.15) is 62.3 Å². The Morgan fingerprint density at radius 3 is 2.37 bits per heavy atom. The molecule has 0 radical (unpaired) electrons. The highest BCUT2D eigenvalue weighted by Crippen LogP contribution is 2.38. The van der Waals surface area contributed by atoms with Crippen LogP contribution in [0.4, 0.5) is 0 Å². The van der Waals surface area contributed by atoms with Gasteiger partial charge in [0.1, 0.15) is 0 Å². The van der Waals surface area contributed by atoms with Crippen molar-refractivity contribution in [1.29, 1.82) is 0 Å². The predicted octanol–water partition coefficient (Wildman–Crippen LogP) is 5.94. The maximum Gasteiger partial charge on any atom is 0.0583 e. The monoisotopic (exact) mass is 360 g/mol. The number of benzene rings is 2. The molecular formula is C26H32O. The quantitative estimate of drug-likeness (QED) is 0.529. The zero-order valence-corrected chi connectivity index (χ0v) is 17.2. The summed E-state index contributed by atoms with van der Waals surface area (Å²) in [6.45, 7) is 8.66. The summed E-state index contributed by atoms with van der Waals surface area (Å²) in [6.07, 6.45) is 4.92. The topological polar surface area (TPSA) is 20.2 Å². The molecular weight excluding hydrogens is 328 g/mol. The zero-order chi connectivity index (χ0) is 19.4. The van der Waals surface area contributed by atoms with Crippen molar-refractivity contribution in [3.05, 3.63) is 58.7 Å². The summed E-state index contributed by atoms with van der Waals surface area (Å²) in [5.74, 6) is 7.34. The molecule has 3 rings (SSSR count). The van der Waals surface area contributed by atoms with Crippen molar-refractivity contribution in [1.82, 2.24) is 0 Å². The van der Waals surface area contributed by atoms with Gasteiger partial charge in [-0.1, -0.05) is 56.9 Å². The molecule has 1 unspecified atom stereocenters. The van der Waals surface area contributed by atoms with E-state index in [9.17, 15) is 5.11 Å². The molecule has 1 N–H and O–H groups in total. The summed E-state index contributed by atoms with van der Waals surface area (Å²) in [5, 5.41) is 10.7. The lowest BCUT2D eigenvalue weighted by Crippen LogP contribution is -2.21. The van der Waals surface area contributed by atoms with Crippen molar-refractivity contribution in [2.75, 3.05) is 0 Å². The first-order valence-electron chi connectivity index (χ1n) is 10.4. The molecule has 2 aromatic carbocycles. The van der Waals surface area contributed by atoms with Crippen LogP contribution < -0.4 is 0 Å². The van der Waals surface area contributed by atoms with Crippen LogP contribution >= 0.6 is 0 Å². The van der Waals surface area contributed by atoms with Crippen molar-refractivity contribution in [2.45, 2.75) is 65.9 Å². The van der Waals surface area contributed by atoms with Gasteiger partial charge in [0.05, 0.1) is 6.10 Å². The van der Waals surface area contributed by atoms with Gasteiger partial charge >= 0.3 is 0 Å². The smallest absolute Gasteiger partial charge is 0.0583 e. The second-order valence-electron chi connectivity index (χ2n) is 7.98. The number of hydrogen-bond donors (Lipinski definition) is 1. The molecule has 27 heavy (non-hydrogen) atoms. The molecule has 0 spiro atoms. The van der Waals surface area contributed by atoms with Crippen LogP contribution in [0.3, 0.4) is 0 Å². The lowest BCUT2D eigenvalue weighted by atomic mass is 9.79. The van der Waals surface area contributed by atoms with Gasteiger partial charge in [0, 0.05) is 5.56 Å². The number of aliphatic hydroxyl groups is 1. The third-order valence-corrected chi connectivity index (χ3v) is 6.27. The molecule has 0 amide bonds. The van der Waals surface area contributed by atoms with Crippen molar-refractivity contribution < 1.29 is 5.11 Å². The van der Waals surface area contributed by atoms with Crippen LogP contribution in [-0.2, 0) is 12.8 Å². The van der Waals surface area contributed by atoms with Gasteiger partial charge in [-0.05, 0) is 84.9 Å². The first kappa shape index (κ1) is 19.7. The average Bonchev–Trinajstić information content (AvgIpc) is 2.82. The van der Waals surface area contributed by atoms with E-state index in [0.717, 1.165) is 24.8 Å². The van der Waals surface area contributed by atoms with E-state index in [-0.39, 0.29) is 6.10 Å². The molecule has 0 saturated carbocycles. The Kier molecular flexibility index (Phi) is 6.40. The average molecular weight is 361 g/mol. The lowest BCUT2D eigenvalue weighted by Gasteiger charge is -2.26. The maximum absolute atomic E-state index is 10.7. The van der Waals surface area contributed by atoms with Crippen LogP contribution in [0.25, 0.3) is 11.1 Å². The van der Waals surface area contributed by atoms with Crippen molar-refractivity contribution in [3.8, 4) is 23.0 Å². The van der Waals surface area contributed by atoms with Gasteiger partial charge < -0.3 is 5.11 Å². The summed E-state index contributed by atoms with van der Waals surface area (Å²) < 4.78 is 0. The number of aryl methyl sites for hydroxylation is 1. The molecule has 1 nitrogen and oxygen atoms in total. The molecule has 2 atom stereocenters. The third-order valence-electron chi connectivity index (χ3n) is 6.27. The highest BCUT2D eigenvalue weighted by molar-refractivity contribution is 5.73. The summed E-state index contributed by atoms with van der Waals surface area (Å²) in [5.41, 5.74) is 7.81. The Balaban J connectivity index is 2.08. The van der Waals surface area contributed by atoms with E-state index < -0.39 is 0 Å². The number of rotatable bonds is 4. The summed E-state index contributed by atoms with van der Waals surface area (Å²) >= 11 is 0. The first-order valence-corrected chi connectivity index (χ1v) is 10.4. The van der Waals surface area contributed by atoms with Gasteiger partial charge in [0.25, 0.3) is 0 Å². The molecule has 1 aliphatic carbocycles. The molecule has 142 valence electrons. The van der Waals surface area contributed by atoms with E-state index >= 15 is 0 Å². The molecule has 0 aromatic heterocycles. The number of aliphatic hydroxyl groups excluding tert-OH is 1. The lowest BCUT2D eigenvalue weighted by molar-refractivity contribution is 0.126. The normalized spacial score (nSPS) is 19.2. The van der Waals surface area contributed by atoms with Crippen LogP contribution in [-0.4, -0.2) is 11.2 Å². The maximum atomic E-state index is 10.7. The Morgan fingerprint density at radius 2 is 1.74 bits per heavy atom. The highest BCUT2D eigenvalue weighted by atomic mass is 16.3. The fourth-order valence-corrected chi connectivity index (χ4v) is 4.85. The highest BCUT2D eigenvalue weighted by Gasteiger charge is 2.28. The van der Waals surface area contributed by atoms with E-state index in [1.807, 2.05) is 6.92 Å². The molecule has 0 fully saturated rings. The van der Waals surface area contributed by atoms with Crippen LogP contribution in [0, 0.1) is 30.6 Å². The van der Waals surface area contributed by atoms with Crippen LogP contribution in [0.15, 0.2) is 36.4 Å².